The number of hydrogen-bond acceptors (Lipinski definition) is 9. The van der Waals surface area contributed by atoms with E-state index in [-0.39, 0.29) is 17.9 Å². The summed E-state index contributed by atoms with van der Waals surface area (Å²) >= 11 is 4.58. The van der Waals surface area contributed by atoms with Crippen LogP contribution in [0.3, 0.4) is 0 Å². The van der Waals surface area contributed by atoms with Gasteiger partial charge in [-0.3, -0.25) is 19.5 Å². The second-order valence-corrected chi connectivity index (χ2v) is 11.4. The molecule has 0 fully saturated rings. The molecule has 2 aromatic carbocycles. The Labute approximate surface area is 256 Å². The number of benzene rings is 2. The zero-order valence-electron chi connectivity index (χ0n) is 22.8. The monoisotopic (exact) mass is 659 g/mol. The number of ether oxygens (including phenoxy) is 1. The molecule has 0 unspecified atom stereocenters. The summed E-state index contributed by atoms with van der Waals surface area (Å²) in [6.45, 7) is 3.56. The summed E-state index contributed by atoms with van der Waals surface area (Å²) in [6, 6.07) is 19.7. The molecule has 4 heterocycles. The maximum atomic E-state index is 13.9. The molecule has 0 saturated heterocycles. The Morgan fingerprint density at radius 2 is 1.84 bits per heavy atom. The molecule has 12 heteroatoms. The van der Waals surface area contributed by atoms with E-state index in [1.54, 1.807) is 56.3 Å². The quantitative estimate of drug-likeness (QED) is 0.119. The highest BCUT2D eigenvalue weighted by Gasteiger charge is 2.35. The molecule has 5 aromatic rings. The third-order valence-electron chi connectivity index (χ3n) is 6.78. The van der Waals surface area contributed by atoms with Gasteiger partial charge in [-0.15, -0.1) is 0 Å². The Balaban J connectivity index is 1.44. The molecule has 0 saturated carbocycles. The second-order valence-electron chi connectivity index (χ2n) is 9.52. The molecule has 0 bridgehead atoms. The van der Waals surface area contributed by atoms with Crippen molar-refractivity contribution in [1.82, 2.24) is 4.57 Å². The van der Waals surface area contributed by atoms with E-state index in [0.717, 1.165) is 21.4 Å². The SMILES string of the molecule is CCOC(=O)C1=C(C)N=c2s/c(=C\c3ccc(-c4cccc([N+](=O)[O-])c4)o3)c(=O)n2[C@H]1c1ccc(-c2ccc(Br)cc2)o1. The van der Waals surface area contributed by atoms with E-state index in [1.807, 2.05) is 24.3 Å². The Morgan fingerprint density at radius 1 is 1.09 bits per heavy atom. The maximum Gasteiger partial charge on any atom is 0.338 e. The van der Waals surface area contributed by atoms with Crippen LogP contribution >= 0.6 is 27.3 Å². The molecule has 10 nitrogen and oxygen atoms in total. The standard InChI is InChI=1S/C31H22BrN3O7S/c1-3-40-30(37)27-17(2)33-31-34(28(27)25-14-13-23(42-25)18-7-9-20(32)10-8-18)29(36)26(43-31)16-22-11-12-24(41-22)19-5-4-6-21(15-19)35(38)39/h4-16,28H,3H2,1-2H3/b26-16-/t28-/m0/s1. The van der Waals surface area contributed by atoms with Crippen molar-refractivity contribution in [2.24, 2.45) is 4.99 Å². The first-order valence-corrected chi connectivity index (χ1v) is 14.7. The molecule has 0 radical (unpaired) electrons. The number of nitro groups is 1. The van der Waals surface area contributed by atoms with Gasteiger partial charge in [0.15, 0.2) is 4.80 Å². The van der Waals surface area contributed by atoms with Crippen LogP contribution in [-0.4, -0.2) is 22.1 Å². The fourth-order valence-corrected chi connectivity index (χ4v) is 6.11. The smallest absolute Gasteiger partial charge is 0.338 e. The van der Waals surface area contributed by atoms with Gasteiger partial charge in [-0.05, 0) is 50.2 Å². The summed E-state index contributed by atoms with van der Waals surface area (Å²) in [6.07, 6.45) is 1.58. The van der Waals surface area contributed by atoms with Gasteiger partial charge in [-0.25, -0.2) is 9.79 Å². The minimum absolute atomic E-state index is 0.0576. The molecule has 1 aliphatic heterocycles. The van der Waals surface area contributed by atoms with E-state index in [0.29, 0.717) is 43.6 Å². The average molecular weight is 661 g/mol. The molecular formula is C31H22BrN3O7S. The summed E-state index contributed by atoms with van der Waals surface area (Å²) in [5.74, 6) is 1.16. The number of hydrogen-bond donors (Lipinski definition) is 0. The lowest BCUT2D eigenvalue weighted by Crippen LogP contribution is -2.39. The van der Waals surface area contributed by atoms with Gasteiger partial charge < -0.3 is 13.6 Å². The largest absolute Gasteiger partial charge is 0.463 e. The van der Waals surface area contributed by atoms with Crippen molar-refractivity contribution in [1.29, 1.82) is 0 Å². The van der Waals surface area contributed by atoms with E-state index in [1.165, 1.54) is 16.7 Å². The molecular weight excluding hydrogens is 638 g/mol. The number of rotatable bonds is 7. The number of aromatic nitrogens is 1. The first-order chi connectivity index (χ1) is 20.7. The van der Waals surface area contributed by atoms with Crippen molar-refractivity contribution in [2.45, 2.75) is 19.9 Å². The average Bonchev–Trinajstić information content (AvgIpc) is 3.73. The summed E-state index contributed by atoms with van der Waals surface area (Å²) in [7, 11) is 0. The number of nitro benzene ring substituents is 1. The van der Waals surface area contributed by atoms with Gasteiger partial charge in [-0.1, -0.05) is 51.5 Å². The number of fused-ring (bicyclic) bond motifs is 1. The van der Waals surface area contributed by atoms with E-state index in [2.05, 4.69) is 20.9 Å². The summed E-state index contributed by atoms with van der Waals surface area (Å²) in [4.78, 5) is 42.7. The van der Waals surface area contributed by atoms with Crippen molar-refractivity contribution in [2.75, 3.05) is 6.61 Å². The van der Waals surface area contributed by atoms with Crippen LogP contribution in [0.5, 0.6) is 0 Å². The fourth-order valence-electron chi connectivity index (χ4n) is 4.82. The van der Waals surface area contributed by atoms with Crippen LogP contribution in [0, 0.1) is 10.1 Å². The molecule has 43 heavy (non-hydrogen) atoms. The van der Waals surface area contributed by atoms with Gasteiger partial charge in [-0.2, -0.15) is 0 Å². The van der Waals surface area contributed by atoms with Gasteiger partial charge >= 0.3 is 5.97 Å². The Kier molecular flexibility index (Phi) is 7.55. The lowest BCUT2D eigenvalue weighted by atomic mass is 10.0. The number of nitrogens with zero attached hydrogens (tertiary/aromatic N) is 3. The van der Waals surface area contributed by atoms with Crippen molar-refractivity contribution in [3.05, 3.63) is 130 Å². The number of furan rings is 2. The van der Waals surface area contributed by atoms with Crippen LogP contribution in [0.2, 0.25) is 0 Å². The van der Waals surface area contributed by atoms with Crippen LogP contribution in [-0.2, 0) is 9.53 Å². The molecule has 6 rings (SSSR count). The Morgan fingerprint density at radius 3 is 2.58 bits per heavy atom. The molecule has 0 N–H and O–H groups in total. The third-order valence-corrected chi connectivity index (χ3v) is 8.30. The molecule has 1 atom stereocenters. The Hall–Kier alpha value is -4.81. The molecule has 1 aliphatic rings. The lowest BCUT2D eigenvalue weighted by Gasteiger charge is -2.22. The van der Waals surface area contributed by atoms with Crippen LogP contribution < -0.4 is 14.9 Å². The number of carbonyl (C=O) groups is 1. The summed E-state index contributed by atoms with van der Waals surface area (Å²) in [5, 5.41) is 11.2. The van der Waals surface area contributed by atoms with Crippen LogP contribution in [0.4, 0.5) is 5.69 Å². The van der Waals surface area contributed by atoms with Gasteiger partial charge in [0.25, 0.3) is 11.2 Å². The molecule has 0 spiro atoms. The first kappa shape index (κ1) is 28.3. The van der Waals surface area contributed by atoms with Crippen molar-refractivity contribution < 1.29 is 23.3 Å². The highest BCUT2D eigenvalue weighted by molar-refractivity contribution is 9.10. The van der Waals surface area contributed by atoms with E-state index in [9.17, 15) is 19.7 Å². The zero-order valence-corrected chi connectivity index (χ0v) is 25.2. The number of non-ortho nitro benzene ring substituents is 1. The van der Waals surface area contributed by atoms with Crippen LogP contribution in [0.15, 0.2) is 107 Å². The van der Waals surface area contributed by atoms with Crippen molar-refractivity contribution in [3.63, 3.8) is 0 Å². The number of carbonyl (C=O) groups excluding carboxylic acids is 1. The molecule has 3 aromatic heterocycles. The normalized spacial score (nSPS) is 14.9. The third kappa shape index (κ3) is 5.42. The number of thiazole rings is 1. The van der Waals surface area contributed by atoms with Crippen molar-refractivity contribution >= 4 is 45.0 Å². The fraction of sp³-hybridized carbons (Fsp3) is 0.129. The van der Waals surface area contributed by atoms with Crippen molar-refractivity contribution in [3.8, 4) is 22.6 Å². The molecule has 216 valence electrons. The van der Waals surface area contributed by atoms with Gasteiger partial charge in [0.1, 0.15) is 29.1 Å². The van der Waals surface area contributed by atoms with E-state index in [4.69, 9.17) is 13.6 Å². The summed E-state index contributed by atoms with van der Waals surface area (Å²) < 4.78 is 20.2. The van der Waals surface area contributed by atoms with Gasteiger partial charge in [0, 0.05) is 33.8 Å². The molecule has 0 amide bonds. The van der Waals surface area contributed by atoms with E-state index >= 15 is 0 Å². The summed E-state index contributed by atoms with van der Waals surface area (Å²) in [5.41, 5.74) is 1.55. The Bertz CT molecular complexity index is 2100. The van der Waals surface area contributed by atoms with E-state index < -0.39 is 22.5 Å². The predicted molar refractivity (Wildman–Crippen MR) is 163 cm³/mol. The number of esters is 1. The predicted octanol–water partition coefficient (Wildman–Crippen LogP) is 5.99. The zero-order chi connectivity index (χ0) is 30.2. The van der Waals surface area contributed by atoms with Gasteiger partial charge in [0.05, 0.1) is 27.3 Å². The van der Waals surface area contributed by atoms with Crippen LogP contribution in [0.1, 0.15) is 31.4 Å². The molecule has 0 aliphatic carbocycles. The maximum absolute atomic E-state index is 13.9. The number of allylic oxidation sites excluding steroid dienone is 1. The second kappa shape index (κ2) is 11.5. The first-order valence-electron chi connectivity index (χ1n) is 13.1. The topological polar surface area (TPSA) is 130 Å². The lowest BCUT2D eigenvalue weighted by molar-refractivity contribution is -0.384. The minimum atomic E-state index is -0.904. The van der Waals surface area contributed by atoms with Crippen LogP contribution in [0.25, 0.3) is 28.7 Å². The highest BCUT2D eigenvalue weighted by atomic mass is 79.9. The minimum Gasteiger partial charge on any atom is -0.463 e. The number of halogens is 1. The highest BCUT2D eigenvalue weighted by Crippen LogP contribution is 2.34. The van der Waals surface area contributed by atoms with Gasteiger partial charge in [0.2, 0.25) is 0 Å².